The Labute approximate surface area is 145 Å². The zero-order chi connectivity index (χ0) is 18.2. The molecule has 2 aliphatic rings. The number of carbonyl (C=O) groups is 1. The molecule has 1 aliphatic heterocycles. The molecule has 3 rings (SSSR count). The van der Waals surface area contributed by atoms with Crippen LogP contribution in [0.15, 0.2) is 23.2 Å². The van der Waals surface area contributed by atoms with E-state index in [2.05, 4.69) is 9.73 Å². The van der Waals surface area contributed by atoms with E-state index in [1.54, 1.807) is 26.1 Å². The number of nitrogens with two attached hydrogens (primary N) is 1. The number of aryl methyl sites for hydroxylation is 1. The van der Waals surface area contributed by atoms with Crippen molar-refractivity contribution < 1.29 is 18.3 Å². The van der Waals surface area contributed by atoms with Crippen LogP contribution in [-0.4, -0.2) is 30.4 Å². The van der Waals surface area contributed by atoms with Gasteiger partial charge in [0.2, 0.25) is 0 Å². The van der Waals surface area contributed by atoms with E-state index in [4.69, 9.17) is 5.73 Å². The summed E-state index contributed by atoms with van der Waals surface area (Å²) >= 11 is 0. The van der Waals surface area contributed by atoms with Gasteiger partial charge in [-0.1, -0.05) is 25.3 Å². The standard InChI is InChI=1S/C18H23F2N3O2/c1-11-10-13(8-9-14(11)25-16(19)20)18(12-6-4-3-5-7-12)15(24)23(2)17(21)22-18/h8-10,12,16H,3-7H2,1-2H3,(H2,21,22). The minimum Gasteiger partial charge on any atom is -0.435 e. The normalized spacial score (nSPS) is 24.8. The molecule has 1 unspecified atom stereocenters. The maximum Gasteiger partial charge on any atom is 0.387 e. The van der Waals surface area contributed by atoms with Gasteiger partial charge in [0.1, 0.15) is 5.75 Å². The Kier molecular flexibility index (Phi) is 4.67. The Morgan fingerprint density at radius 3 is 2.52 bits per heavy atom. The van der Waals surface area contributed by atoms with E-state index < -0.39 is 12.2 Å². The van der Waals surface area contributed by atoms with Crippen LogP contribution in [0.4, 0.5) is 8.78 Å². The summed E-state index contributed by atoms with van der Waals surface area (Å²) in [4.78, 5) is 19.1. The van der Waals surface area contributed by atoms with Gasteiger partial charge in [-0.15, -0.1) is 0 Å². The van der Waals surface area contributed by atoms with E-state index in [0.29, 0.717) is 11.1 Å². The fourth-order valence-electron chi connectivity index (χ4n) is 3.99. The highest BCUT2D eigenvalue weighted by atomic mass is 19.3. The molecule has 0 aromatic heterocycles. The van der Waals surface area contributed by atoms with Crippen molar-refractivity contribution >= 4 is 11.9 Å². The van der Waals surface area contributed by atoms with Crippen molar-refractivity contribution in [3.8, 4) is 5.75 Å². The molecule has 1 amide bonds. The van der Waals surface area contributed by atoms with E-state index >= 15 is 0 Å². The fraction of sp³-hybridized carbons (Fsp3) is 0.556. The number of carbonyl (C=O) groups excluding carboxylic acids is 1. The molecule has 136 valence electrons. The number of aliphatic imine (C=N–C) groups is 1. The average molecular weight is 351 g/mol. The van der Waals surface area contributed by atoms with Crippen LogP contribution in [0.5, 0.6) is 5.75 Å². The smallest absolute Gasteiger partial charge is 0.387 e. The number of halogens is 2. The Bertz CT molecular complexity index is 702. The number of hydrogen-bond donors (Lipinski definition) is 1. The SMILES string of the molecule is Cc1cc(C2(C3CCCCC3)N=C(N)N(C)C2=O)ccc1OC(F)F. The molecule has 1 aromatic rings. The maximum absolute atomic E-state index is 13.1. The number of likely N-dealkylation sites (N-methyl/N-ethyl adjacent to an activating group) is 1. The average Bonchev–Trinajstić information content (AvgIpc) is 2.82. The van der Waals surface area contributed by atoms with Crippen LogP contribution in [0, 0.1) is 12.8 Å². The Balaban J connectivity index is 2.07. The molecular weight excluding hydrogens is 328 g/mol. The highest BCUT2D eigenvalue weighted by Gasteiger charge is 2.53. The summed E-state index contributed by atoms with van der Waals surface area (Å²) in [5.74, 6) is 0.201. The number of nitrogens with zero attached hydrogens (tertiary/aromatic N) is 2. The topological polar surface area (TPSA) is 67.9 Å². The molecule has 1 saturated carbocycles. The molecule has 1 heterocycles. The molecule has 0 radical (unpaired) electrons. The van der Waals surface area contributed by atoms with E-state index in [1.165, 1.54) is 11.0 Å². The van der Waals surface area contributed by atoms with Crippen molar-refractivity contribution in [1.82, 2.24) is 4.90 Å². The summed E-state index contributed by atoms with van der Waals surface area (Å²) in [6, 6.07) is 4.87. The molecule has 1 fully saturated rings. The molecule has 7 heteroatoms. The Morgan fingerprint density at radius 1 is 1.32 bits per heavy atom. The molecule has 0 spiro atoms. The molecule has 0 bridgehead atoms. The van der Waals surface area contributed by atoms with E-state index in [9.17, 15) is 13.6 Å². The highest BCUT2D eigenvalue weighted by molar-refractivity contribution is 6.07. The second kappa shape index (κ2) is 6.61. The van der Waals surface area contributed by atoms with E-state index in [1.807, 2.05) is 0 Å². The van der Waals surface area contributed by atoms with Crippen molar-refractivity contribution in [1.29, 1.82) is 0 Å². The van der Waals surface area contributed by atoms with E-state index in [-0.39, 0.29) is 23.5 Å². The first kappa shape index (κ1) is 17.6. The van der Waals surface area contributed by atoms with Crippen LogP contribution < -0.4 is 10.5 Å². The predicted octanol–water partition coefficient (Wildman–Crippen LogP) is 3.16. The highest BCUT2D eigenvalue weighted by Crippen LogP contribution is 2.46. The molecule has 2 N–H and O–H groups in total. The summed E-state index contributed by atoms with van der Waals surface area (Å²) < 4.78 is 29.5. The van der Waals surface area contributed by atoms with Gasteiger partial charge in [0.05, 0.1) is 0 Å². The quantitative estimate of drug-likeness (QED) is 0.906. The zero-order valence-corrected chi connectivity index (χ0v) is 14.5. The first-order chi connectivity index (χ1) is 11.9. The van der Waals surface area contributed by atoms with Gasteiger partial charge in [0, 0.05) is 7.05 Å². The minimum atomic E-state index is -2.88. The van der Waals surface area contributed by atoms with E-state index in [0.717, 1.165) is 32.1 Å². The lowest BCUT2D eigenvalue weighted by Crippen LogP contribution is -2.45. The fourth-order valence-corrected chi connectivity index (χ4v) is 3.99. The third-order valence-electron chi connectivity index (χ3n) is 5.29. The maximum atomic E-state index is 13.1. The Hall–Kier alpha value is -2.18. The minimum absolute atomic E-state index is 0.0542. The lowest BCUT2D eigenvalue weighted by molar-refractivity contribution is -0.133. The summed E-state index contributed by atoms with van der Waals surface area (Å²) in [6.45, 7) is -1.20. The first-order valence-corrected chi connectivity index (χ1v) is 8.55. The molecule has 5 nitrogen and oxygen atoms in total. The largest absolute Gasteiger partial charge is 0.435 e. The van der Waals surface area contributed by atoms with Crippen molar-refractivity contribution in [3.63, 3.8) is 0 Å². The van der Waals surface area contributed by atoms with Gasteiger partial charge in [-0.25, -0.2) is 4.99 Å². The van der Waals surface area contributed by atoms with Crippen LogP contribution in [-0.2, 0) is 10.3 Å². The molecule has 25 heavy (non-hydrogen) atoms. The van der Waals surface area contributed by atoms with Gasteiger partial charge < -0.3 is 10.5 Å². The number of amides is 1. The van der Waals surface area contributed by atoms with Crippen molar-refractivity contribution in [2.75, 3.05) is 7.05 Å². The zero-order valence-electron chi connectivity index (χ0n) is 14.5. The second-order valence-corrected chi connectivity index (χ2v) is 6.79. The van der Waals surface area contributed by atoms with Crippen LogP contribution >= 0.6 is 0 Å². The molecule has 1 atom stereocenters. The van der Waals surface area contributed by atoms with Crippen molar-refractivity contribution in [2.45, 2.75) is 51.2 Å². The molecule has 1 aliphatic carbocycles. The van der Waals surface area contributed by atoms with Gasteiger partial charge in [-0.3, -0.25) is 9.69 Å². The third-order valence-corrected chi connectivity index (χ3v) is 5.29. The van der Waals surface area contributed by atoms with Crippen molar-refractivity contribution in [3.05, 3.63) is 29.3 Å². The summed E-state index contributed by atoms with van der Waals surface area (Å²) in [5, 5.41) is 0. The van der Waals surface area contributed by atoms with Gasteiger partial charge in [0.25, 0.3) is 5.91 Å². The molecule has 1 aromatic carbocycles. The van der Waals surface area contributed by atoms with Crippen LogP contribution in [0.1, 0.15) is 43.2 Å². The van der Waals surface area contributed by atoms with Crippen molar-refractivity contribution in [2.24, 2.45) is 16.6 Å². The van der Waals surface area contributed by atoms with Crippen LogP contribution in [0.25, 0.3) is 0 Å². The summed E-state index contributed by atoms with van der Waals surface area (Å²) in [5.41, 5.74) is 6.13. The lowest BCUT2D eigenvalue weighted by Gasteiger charge is -2.36. The second-order valence-electron chi connectivity index (χ2n) is 6.79. The van der Waals surface area contributed by atoms with Gasteiger partial charge in [0.15, 0.2) is 11.5 Å². The number of benzene rings is 1. The number of guanidine groups is 1. The Morgan fingerprint density at radius 2 is 2.00 bits per heavy atom. The van der Waals surface area contributed by atoms with Crippen LogP contribution in [0.3, 0.4) is 0 Å². The summed E-state index contributed by atoms with van der Waals surface area (Å²) in [6.07, 6.45) is 5.03. The molecular formula is C18H23F2N3O2. The summed E-state index contributed by atoms with van der Waals surface area (Å²) in [7, 11) is 1.62. The number of alkyl halides is 2. The van der Waals surface area contributed by atoms with Gasteiger partial charge in [-0.05, 0) is 48.9 Å². The third kappa shape index (κ3) is 2.96. The monoisotopic (exact) mass is 351 g/mol. The molecule has 0 saturated heterocycles. The van der Waals surface area contributed by atoms with Gasteiger partial charge in [-0.2, -0.15) is 8.78 Å². The first-order valence-electron chi connectivity index (χ1n) is 8.55. The van der Waals surface area contributed by atoms with Gasteiger partial charge >= 0.3 is 6.61 Å². The number of ether oxygens (including phenoxy) is 1. The lowest BCUT2D eigenvalue weighted by atomic mass is 9.70. The number of rotatable bonds is 4. The predicted molar refractivity (Wildman–Crippen MR) is 90.5 cm³/mol. The number of hydrogen-bond acceptors (Lipinski definition) is 4. The van der Waals surface area contributed by atoms with Crippen LogP contribution in [0.2, 0.25) is 0 Å².